The van der Waals surface area contributed by atoms with E-state index in [1.165, 1.54) is 31.5 Å². The van der Waals surface area contributed by atoms with E-state index in [4.69, 9.17) is 0 Å². The van der Waals surface area contributed by atoms with Crippen LogP contribution >= 0.6 is 11.8 Å². The fourth-order valence-electron chi connectivity index (χ4n) is 2.14. The minimum Gasteiger partial charge on any atom is -0.377 e. The van der Waals surface area contributed by atoms with Gasteiger partial charge in [0.05, 0.1) is 11.9 Å². The molecule has 0 aromatic heterocycles. The second-order valence-corrected chi connectivity index (χ2v) is 4.89. The van der Waals surface area contributed by atoms with Crippen molar-refractivity contribution in [1.29, 1.82) is 0 Å². The van der Waals surface area contributed by atoms with Gasteiger partial charge in [-0.15, -0.1) is 11.8 Å². The number of thioether (sulfide) groups is 1. The highest BCUT2D eigenvalue weighted by Crippen LogP contribution is 2.41. The van der Waals surface area contributed by atoms with Gasteiger partial charge in [0.1, 0.15) is 0 Å². The van der Waals surface area contributed by atoms with Crippen molar-refractivity contribution >= 4 is 11.8 Å². The van der Waals surface area contributed by atoms with E-state index in [-0.39, 0.29) is 0 Å². The van der Waals surface area contributed by atoms with Gasteiger partial charge in [-0.25, -0.2) is 0 Å². The maximum Gasteiger partial charge on any atom is 0.0652 e. The van der Waals surface area contributed by atoms with E-state index < -0.39 is 0 Å². The van der Waals surface area contributed by atoms with E-state index in [1.807, 2.05) is 11.8 Å². The van der Waals surface area contributed by atoms with Crippen LogP contribution < -0.4 is 10.6 Å². The summed E-state index contributed by atoms with van der Waals surface area (Å²) in [6.45, 7) is 1.19. The standard InChI is InChI=1S/C9H14N2S/c1-2-6(1)8-9-7(3-4-10-8)12-5-11-9/h6,8,10-11H,1-5H2. The number of nitrogens with one attached hydrogen (secondary N) is 2. The highest BCUT2D eigenvalue weighted by Gasteiger charge is 2.37. The molecule has 0 radical (unpaired) electrons. The first-order valence-corrected chi connectivity index (χ1v) is 5.77. The molecule has 3 heteroatoms. The molecule has 66 valence electrons. The van der Waals surface area contributed by atoms with Crippen molar-refractivity contribution < 1.29 is 0 Å². The zero-order chi connectivity index (χ0) is 7.97. The first kappa shape index (κ1) is 7.27. The lowest BCUT2D eigenvalue weighted by atomic mass is 10.0. The van der Waals surface area contributed by atoms with E-state index in [1.54, 1.807) is 4.91 Å². The lowest BCUT2D eigenvalue weighted by molar-refractivity contribution is 0.480. The zero-order valence-electron chi connectivity index (χ0n) is 7.10. The van der Waals surface area contributed by atoms with Gasteiger partial charge in [0.25, 0.3) is 0 Å². The van der Waals surface area contributed by atoms with Crippen LogP contribution in [-0.4, -0.2) is 18.5 Å². The molecule has 2 aliphatic heterocycles. The molecule has 2 heterocycles. The molecule has 0 bridgehead atoms. The number of hydrogen-bond acceptors (Lipinski definition) is 3. The summed E-state index contributed by atoms with van der Waals surface area (Å²) in [5.41, 5.74) is 1.54. The molecule has 1 unspecified atom stereocenters. The monoisotopic (exact) mass is 182 g/mol. The Morgan fingerprint density at radius 3 is 3.08 bits per heavy atom. The van der Waals surface area contributed by atoms with Crippen molar-refractivity contribution in [3.05, 3.63) is 10.6 Å². The molecule has 0 saturated heterocycles. The third-order valence-electron chi connectivity index (χ3n) is 2.93. The molecular weight excluding hydrogens is 168 g/mol. The molecule has 3 rings (SSSR count). The quantitative estimate of drug-likeness (QED) is 0.638. The highest BCUT2D eigenvalue weighted by molar-refractivity contribution is 8.03. The summed E-state index contributed by atoms with van der Waals surface area (Å²) in [5, 5.41) is 7.13. The molecule has 0 aromatic rings. The summed E-state index contributed by atoms with van der Waals surface area (Å²) >= 11 is 2.00. The summed E-state index contributed by atoms with van der Waals surface area (Å²) < 4.78 is 0. The van der Waals surface area contributed by atoms with E-state index in [0.717, 1.165) is 11.8 Å². The summed E-state index contributed by atoms with van der Waals surface area (Å²) in [5.74, 6) is 2.05. The largest absolute Gasteiger partial charge is 0.377 e. The van der Waals surface area contributed by atoms with Crippen molar-refractivity contribution in [2.24, 2.45) is 5.92 Å². The van der Waals surface area contributed by atoms with Gasteiger partial charge in [-0.3, -0.25) is 0 Å². The van der Waals surface area contributed by atoms with Crippen LogP contribution in [0.15, 0.2) is 10.6 Å². The minimum atomic E-state index is 0.684. The number of rotatable bonds is 1. The van der Waals surface area contributed by atoms with E-state index in [0.29, 0.717) is 6.04 Å². The van der Waals surface area contributed by atoms with Gasteiger partial charge in [0, 0.05) is 17.1 Å². The van der Waals surface area contributed by atoms with Crippen LogP contribution in [-0.2, 0) is 0 Å². The molecule has 1 aliphatic carbocycles. The van der Waals surface area contributed by atoms with Crippen molar-refractivity contribution in [2.75, 3.05) is 12.4 Å². The summed E-state index contributed by atoms with van der Waals surface area (Å²) in [7, 11) is 0. The van der Waals surface area contributed by atoms with Crippen LogP contribution in [0.25, 0.3) is 0 Å². The average molecular weight is 182 g/mol. The topological polar surface area (TPSA) is 24.1 Å². The summed E-state index contributed by atoms with van der Waals surface area (Å²) in [6, 6.07) is 0.684. The molecule has 2 N–H and O–H groups in total. The first-order chi connectivity index (χ1) is 5.95. The van der Waals surface area contributed by atoms with Crippen molar-refractivity contribution in [3.8, 4) is 0 Å². The SMILES string of the molecule is C1CC2=C(NCS2)C(C2CC2)N1. The molecule has 2 nitrogen and oxygen atoms in total. The first-order valence-electron chi connectivity index (χ1n) is 4.78. The Balaban J connectivity index is 1.87. The predicted molar refractivity (Wildman–Crippen MR) is 51.8 cm³/mol. The molecule has 12 heavy (non-hydrogen) atoms. The van der Waals surface area contributed by atoms with Crippen LogP contribution in [0.3, 0.4) is 0 Å². The van der Waals surface area contributed by atoms with Crippen LogP contribution in [0.5, 0.6) is 0 Å². The van der Waals surface area contributed by atoms with Crippen LogP contribution in [0.2, 0.25) is 0 Å². The van der Waals surface area contributed by atoms with Gasteiger partial charge in [0.15, 0.2) is 0 Å². The highest BCUT2D eigenvalue weighted by atomic mass is 32.2. The molecule has 1 fully saturated rings. The van der Waals surface area contributed by atoms with Crippen molar-refractivity contribution in [1.82, 2.24) is 10.6 Å². The maximum atomic E-state index is 3.62. The van der Waals surface area contributed by atoms with E-state index in [9.17, 15) is 0 Å². The minimum absolute atomic E-state index is 0.684. The number of hydrogen-bond donors (Lipinski definition) is 2. The Hall–Kier alpha value is -0.150. The molecule has 0 amide bonds. The Kier molecular flexibility index (Phi) is 1.62. The van der Waals surface area contributed by atoms with Gasteiger partial charge in [0.2, 0.25) is 0 Å². The van der Waals surface area contributed by atoms with Crippen molar-refractivity contribution in [2.45, 2.75) is 25.3 Å². The fraction of sp³-hybridized carbons (Fsp3) is 0.778. The third-order valence-corrected chi connectivity index (χ3v) is 3.99. The van der Waals surface area contributed by atoms with E-state index >= 15 is 0 Å². The van der Waals surface area contributed by atoms with Gasteiger partial charge in [-0.05, 0) is 25.2 Å². The van der Waals surface area contributed by atoms with Crippen LogP contribution in [0.1, 0.15) is 19.3 Å². The van der Waals surface area contributed by atoms with E-state index in [2.05, 4.69) is 10.6 Å². The predicted octanol–water partition coefficient (Wildman–Crippen LogP) is 1.26. The molecule has 1 atom stereocenters. The van der Waals surface area contributed by atoms with Gasteiger partial charge in [-0.2, -0.15) is 0 Å². The molecule has 3 aliphatic rings. The average Bonchev–Trinajstić information content (AvgIpc) is 2.82. The van der Waals surface area contributed by atoms with Gasteiger partial charge >= 0.3 is 0 Å². The molecule has 0 spiro atoms. The normalized spacial score (nSPS) is 34.8. The Morgan fingerprint density at radius 2 is 2.25 bits per heavy atom. The Morgan fingerprint density at radius 1 is 1.33 bits per heavy atom. The smallest absolute Gasteiger partial charge is 0.0652 e. The maximum absolute atomic E-state index is 3.62. The second kappa shape index (κ2) is 2.67. The molecule has 0 aromatic carbocycles. The van der Waals surface area contributed by atoms with Crippen molar-refractivity contribution in [3.63, 3.8) is 0 Å². The third kappa shape index (κ3) is 1.07. The lowest BCUT2D eigenvalue weighted by Crippen LogP contribution is -2.40. The summed E-state index contributed by atoms with van der Waals surface area (Å²) in [4.78, 5) is 1.63. The van der Waals surface area contributed by atoms with Gasteiger partial charge in [-0.1, -0.05) is 0 Å². The Labute approximate surface area is 77.2 Å². The van der Waals surface area contributed by atoms with Gasteiger partial charge < -0.3 is 10.6 Å². The zero-order valence-corrected chi connectivity index (χ0v) is 7.91. The summed E-state index contributed by atoms with van der Waals surface area (Å²) in [6.07, 6.45) is 4.11. The fourth-order valence-corrected chi connectivity index (χ4v) is 3.15. The second-order valence-electron chi connectivity index (χ2n) is 3.82. The molecule has 1 saturated carbocycles. The lowest BCUT2D eigenvalue weighted by Gasteiger charge is -2.25. The van der Waals surface area contributed by atoms with Crippen LogP contribution in [0.4, 0.5) is 0 Å². The molecular formula is C9H14N2S. The van der Waals surface area contributed by atoms with Crippen LogP contribution in [0, 0.1) is 5.92 Å². The Bertz CT molecular complexity index is 233.